The fraction of sp³-hybridized carbons (Fsp3) is 0.357. The van der Waals surface area contributed by atoms with E-state index in [1.807, 2.05) is 35.8 Å². The van der Waals surface area contributed by atoms with E-state index in [1.165, 1.54) is 4.80 Å². The SMILES string of the molecule is CCn1cnnc1CCNC(=O)Cn1nc2ccccc2n1. The average Bonchev–Trinajstić information content (AvgIpc) is 3.12. The Kier molecular flexibility index (Phi) is 4.08. The zero-order valence-electron chi connectivity index (χ0n) is 12.3. The number of hydrogen-bond donors (Lipinski definition) is 1. The predicted molar refractivity (Wildman–Crippen MR) is 79.9 cm³/mol. The summed E-state index contributed by atoms with van der Waals surface area (Å²) < 4.78 is 1.95. The van der Waals surface area contributed by atoms with Gasteiger partial charge in [-0.15, -0.1) is 10.2 Å². The van der Waals surface area contributed by atoms with Gasteiger partial charge in [-0.1, -0.05) is 12.1 Å². The third kappa shape index (κ3) is 3.11. The zero-order valence-corrected chi connectivity index (χ0v) is 12.3. The molecule has 8 heteroatoms. The smallest absolute Gasteiger partial charge is 0.243 e. The van der Waals surface area contributed by atoms with Crippen molar-refractivity contribution < 1.29 is 4.79 Å². The average molecular weight is 299 g/mol. The van der Waals surface area contributed by atoms with Gasteiger partial charge in [0.2, 0.25) is 5.91 Å². The number of hydrogen-bond acceptors (Lipinski definition) is 5. The molecule has 1 aromatic carbocycles. The molecule has 3 rings (SSSR count). The molecular weight excluding hydrogens is 282 g/mol. The molecule has 1 N–H and O–H groups in total. The van der Waals surface area contributed by atoms with Gasteiger partial charge in [0.05, 0.1) is 0 Å². The summed E-state index contributed by atoms with van der Waals surface area (Å²) in [6.07, 6.45) is 2.34. The number of amides is 1. The van der Waals surface area contributed by atoms with Crippen molar-refractivity contribution in [3.05, 3.63) is 36.4 Å². The first kappa shape index (κ1) is 14.2. The highest BCUT2D eigenvalue weighted by Gasteiger charge is 2.08. The predicted octanol–water partition coefficient (Wildman–Crippen LogP) is 0.402. The first-order valence-electron chi connectivity index (χ1n) is 7.19. The quantitative estimate of drug-likeness (QED) is 0.711. The maximum absolute atomic E-state index is 11.9. The van der Waals surface area contributed by atoms with Crippen LogP contribution in [0.15, 0.2) is 30.6 Å². The number of fused-ring (bicyclic) bond motifs is 1. The van der Waals surface area contributed by atoms with Crippen LogP contribution in [0.4, 0.5) is 0 Å². The van der Waals surface area contributed by atoms with Gasteiger partial charge in [0, 0.05) is 19.5 Å². The minimum Gasteiger partial charge on any atom is -0.354 e. The van der Waals surface area contributed by atoms with Gasteiger partial charge in [-0.3, -0.25) is 4.79 Å². The van der Waals surface area contributed by atoms with Crippen LogP contribution in [0.3, 0.4) is 0 Å². The van der Waals surface area contributed by atoms with Gasteiger partial charge < -0.3 is 9.88 Å². The number of aromatic nitrogens is 6. The van der Waals surface area contributed by atoms with Gasteiger partial charge in [0.15, 0.2) is 0 Å². The fourth-order valence-corrected chi connectivity index (χ4v) is 2.21. The maximum atomic E-state index is 11.9. The Morgan fingerprint density at radius 1 is 1.23 bits per heavy atom. The van der Waals surface area contributed by atoms with E-state index in [0.29, 0.717) is 13.0 Å². The summed E-state index contributed by atoms with van der Waals surface area (Å²) in [5, 5.41) is 19.2. The molecule has 2 aromatic heterocycles. The van der Waals surface area contributed by atoms with Crippen molar-refractivity contribution in [3.8, 4) is 0 Å². The third-order valence-corrected chi connectivity index (χ3v) is 3.32. The van der Waals surface area contributed by atoms with Gasteiger partial charge in [0.1, 0.15) is 29.7 Å². The summed E-state index contributed by atoms with van der Waals surface area (Å²) in [4.78, 5) is 13.3. The Bertz CT molecular complexity index is 743. The number of carbonyl (C=O) groups is 1. The topological polar surface area (TPSA) is 90.5 Å². The van der Waals surface area contributed by atoms with Crippen molar-refractivity contribution in [1.82, 2.24) is 35.1 Å². The third-order valence-electron chi connectivity index (χ3n) is 3.32. The number of nitrogens with one attached hydrogen (secondary N) is 1. The van der Waals surface area contributed by atoms with Gasteiger partial charge >= 0.3 is 0 Å². The second-order valence-electron chi connectivity index (χ2n) is 4.85. The van der Waals surface area contributed by atoms with Gasteiger partial charge in [0.25, 0.3) is 0 Å². The summed E-state index contributed by atoms with van der Waals surface area (Å²) in [6.45, 7) is 3.47. The molecule has 0 aliphatic heterocycles. The van der Waals surface area contributed by atoms with Crippen molar-refractivity contribution >= 4 is 16.9 Å². The van der Waals surface area contributed by atoms with Gasteiger partial charge in [-0.25, -0.2) is 0 Å². The number of carbonyl (C=O) groups excluding carboxylic acids is 1. The molecule has 1 amide bonds. The van der Waals surface area contributed by atoms with Crippen LogP contribution in [-0.2, 0) is 24.3 Å². The molecule has 0 atom stereocenters. The first-order chi connectivity index (χ1) is 10.8. The van der Waals surface area contributed by atoms with Gasteiger partial charge in [-0.2, -0.15) is 15.0 Å². The summed E-state index contributed by atoms with van der Waals surface area (Å²) >= 11 is 0. The van der Waals surface area contributed by atoms with Crippen LogP contribution < -0.4 is 5.32 Å². The van der Waals surface area contributed by atoms with Crippen LogP contribution in [0.1, 0.15) is 12.7 Å². The van der Waals surface area contributed by atoms with Crippen LogP contribution in [-0.4, -0.2) is 42.2 Å². The molecule has 0 fully saturated rings. The number of aryl methyl sites for hydroxylation is 1. The Balaban J connectivity index is 1.52. The molecule has 0 aliphatic rings. The molecular formula is C14H17N7O. The molecule has 0 saturated heterocycles. The lowest BCUT2D eigenvalue weighted by Crippen LogP contribution is -2.30. The van der Waals surface area contributed by atoms with Crippen LogP contribution in [0, 0.1) is 0 Å². The monoisotopic (exact) mass is 299 g/mol. The Morgan fingerprint density at radius 3 is 2.64 bits per heavy atom. The first-order valence-corrected chi connectivity index (χ1v) is 7.19. The molecule has 0 bridgehead atoms. The Labute approximate surface area is 127 Å². The van der Waals surface area contributed by atoms with Crippen LogP contribution >= 0.6 is 0 Å². The lowest BCUT2D eigenvalue weighted by Gasteiger charge is -2.05. The van der Waals surface area contributed by atoms with Crippen LogP contribution in [0.5, 0.6) is 0 Å². The van der Waals surface area contributed by atoms with E-state index in [1.54, 1.807) is 6.33 Å². The van der Waals surface area contributed by atoms with E-state index in [0.717, 1.165) is 23.4 Å². The summed E-state index contributed by atoms with van der Waals surface area (Å²) in [7, 11) is 0. The van der Waals surface area contributed by atoms with E-state index < -0.39 is 0 Å². The van der Waals surface area contributed by atoms with E-state index in [9.17, 15) is 4.79 Å². The molecule has 0 saturated carbocycles. The summed E-state index contributed by atoms with van der Waals surface area (Å²) in [5.41, 5.74) is 1.57. The number of nitrogens with zero attached hydrogens (tertiary/aromatic N) is 6. The Morgan fingerprint density at radius 2 is 1.95 bits per heavy atom. The molecule has 0 spiro atoms. The van der Waals surface area contributed by atoms with Crippen molar-refractivity contribution in [2.45, 2.75) is 26.4 Å². The highest BCUT2D eigenvalue weighted by Crippen LogP contribution is 2.06. The summed E-state index contributed by atoms with van der Waals surface area (Å²) in [5.74, 6) is 0.744. The van der Waals surface area contributed by atoms with Crippen LogP contribution in [0.2, 0.25) is 0 Å². The van der Waals surface area contributed by atoms with Crippen molar-refractivity contribution in [1.29, 1.82) is 0 Å². The Hall–Kier alpha value is -2.77. The molecule has 2 heterocycles. The van der Waals surface area contributed by atoms with Crippen LogP contribution in [0.25, 0.3) is 11.0 Å². The summed E-state index contributed by atoms with van der Waals surface area (Å²) in [6, 6.07) is 7.53. The molecule has 0 radical (unpaired) electrons. The number of rotatable bonds is 6. The molecule has 8 nitrogen and oxygen atoms in total. The van der Waals surface area contributed by atoms with E-state index in [4.69, 9.17) is 0 Å². The standard InChI is InChI=1S/C14H17N7O/c1-2-20-10-16-17-13(20)7-8-15-14(22)9-21-18-11-5-3-4-6-12(11)19-21/h3-6,10H,2,7-9H2,1H3,(H,15,22). The highest BCUT2D eigenvalue weighted by atomic mass is 16.2. The lowest BCUT2D eigenvalue weighted by molar-refractivity contribution is -0.122. The molecule has 22 heavy (non-hydrogen) atoms. The molecule has 3 aromatic rings. The maximum Gasteiger partial charge on any atom is 0.243 e. The lowest BCUT2D eigenvalue weighted by atomic mass is 10.3. The van der Waals surface area contributed by atoms with E-state index >= 15 is 0 Å². The van der Waals surface area contributed by atoms with E-state index in [-0.39, 0.29) is 12.5 Å². The fourth-order valence-electron chi connectivity index (χ4n) is 2.21. The second kappa shape index (κ2) is 6.33. The van der Waals surface area contributed by atoms with Gasteiger partial charge in [-0.05, 0) is 19.1 Å². The zero-order chi connectivity index (χ0) is 15.4. The minimum atomic E-state index is -0.122. The second-order valence-corrected chi connectivity index (χ2v) is 4.85. The van der Waals surface area contributed by atoms with E-state index in [2.05, 4.69) is 25.7 Å². The highest BCUT2D eigenvalue weighted by molar-refractivity contribution is 5.77. The van der Waals surface area contributed by atoms with Crippen molar-refractivity contribution in [2.24, 2.45) is 0 Å². The normalized spacial score (nSPS) is 11.0. The largest absolute Gasteiger partial charge is 0.354 e. The molecule has 0 unspecified atom stereocenters. The van der Waals surface area contributed by atoms with Crippen molar-refractivity contribution in [2.75, 3.05) is 6.54 Å². The van der Waals surface area contributed by atoms with Crippen molar-refractivity contribution in [3.63, 3.8) is 0 Å². The minimum absolute atomic E-state index is 0.106. The number of benzene rings is 1. The molecule has 114 valence electrons. The molecule has 0 aliphatic carbocycles.